The van der Waals surface area contributed by atoms with Gasteiger partial charge >= 0.3 is 0 Å². The molecule has 2 heterocycles. The second-order valence-corrected chi connectivity index (χ2v) is 4.56. The van der Waals surface area contributed by atoms with Crippen molar-refractivity contribution in [3.05, 3.63) is 24.0 Å². The SMILES string of the molecule is CCN1CCOC(CNC(=O)c2ccncc2N)C1. The number of hydrogen-bond donors (Lipinski definition) is 2. The van der Waals surface area contributed by atoms with Gasteiger partial charge in [0, 0.05) is 25.8 Å². The van der Waals surface area contributed by atoms with E-state index in [1.807, 2.05) is 0 Å². The number of ether oxygens (including phenoxy) is 1. The highest BCUT2D eigenvalue weighted by molar-refractivity contribution is 5.98. The van der Waals surface area contributed by atoms with Crippen LogP contribution in [-0.2, 0) is 4.74 Å². The number of pyridine rings is 1. The summed E-state index contributed by atoms with van der Waals surface area (Å²) < 4.78 is 5.63. The molecule has 0 radical (unpaired) electrons. The smallest absolute Gasteiger partial charge is 0.253 e. The minimum atomic E-state index is -0.183. The minimum absolute atomic E-state index is 0.0423. The van der Waals surface area contributed by atoms with Crippen LogP contribution in [0.5, 0.6) is 0 Å². The normalized spacial score (nSPS) is 20.2. The van der Waals surface area contributed by atoms with Crippen molar-refractivity contribution in [2.45, 2.75) is 13.0 Å². The first-order valence-corrected chi connectivity index (χ1v) is 6.52. The number of anilines is 1. The summed E-state index contributed by atoms with van der Waals surface area (Å²) in [7, 11) is 0. The van der Waals surface area contributed by atoms with E-state index in [9.17, 15) is 4.79 Å². The van der Waals surface area contributed by atoms with Crippen molar-refractivity contribution in [3.63, 3.8) is 0 Å². The Bertz CT molecular complexity index is 438. The van der Waals surface area contributed by atoms with Gasteiger partial charge in [0.15, 0.2) is 0 Å². The van der Waals surface area contributed by atoms with Crippen LogP contribution in [0, 0.1) is 0 Å². The van der Waals surface area contributed by atoms with Gasteiger partial charge in [-0.1, -0.05) is 6.92 Å². The molecule has 3 N–H and O–H groups in total. The van der Waals surface area contributed by atoms with E-state index in [1.165, 1.54) is 6.20 Å². The molecule has 0 aliphatic carbocycles. The third-order valence-electron chi connectivity index (χ3n) is 3.26. The number of hydrogen-bond acceptors (Lipinski definition) is 5. The molecule has 0 aromatic carbocycles. The Balaban J connectivity index is 1.85. The fraction of sp³-hybridized carbons (Fsp3) is 0.538. The number of carbonyl (C=O) groups is 1. The molecule has 0 saturated carbocycles. The van der Waals surface area contributed by atoms with Gasteiger partial charge < -0.3 is 15.8 Å². The van der Waals surface area contributed by atoms with Crippen molar-refractivity contribution in [1.29, 1.82) is 0 Å². The standard InChI is InChI=1S/C13H20N4O2/c1-2-17-5-6-19-10(9-17)7-16-13(18)11-3-4-15-8-12(11)14/h3-4,8,10H,2,5-7,9,14H2,1H3,(H,16,18). The van der Waals surface area contributed by atoms with E-state index in [1.54, 1.807) is 12.3 Å². The summed E-state index contributed by atoms with van der Waals surface area (Å²) in [6.45, 7) is 6.15. The summed E-state index contributed by atoms with van der Waals surface area (Å²) in [6, 6.07) is 1.62. The van der Waals surface area contributed by atoms with Gasteiger partial charge in [-0.2, -0.15) is 0 Å². The average Bonchev–Trinajstić information content (AvgIpc) is 2.45. The van der Waals surface area contributed by atoms with Gasteiger partial charge in [-0.05, 0) is 12.6 Å². The second-order valence-electron chi connectivity index (χ2n) is 4.56. The lowest BCUT2D eigenvalue weighted by Gasteiger charge is -2.32. The molecule has 104 valence electrons. The zero-order valence-electron chi connectivity index (χ0n) is 11.1. The van der Waals surface area contributed by atoms with E-state index in [4.69, 9.17) is 10.5 Å². The second kappa shape index (κ2) is 6.49. The van der Waals surface area contributed by atoms with Crippen molar-refractivity contribution >= 4 is 11.6 Å². The third-order valence-corrected chi connectivity index (χ3v) is 3.26. The molecule has 6 nitrogen and oxygen atoms in total. The Morgan fingerprint density at radius 3 is 3.26 bits per heavy atom. The molecule has 6 heteroatoms. The number of aromatic nitrogens is 1. The summed E-state index contributed by atoms with van der Waals surface area (Å²) >= 11 is 0. The van der Waals surface area contributed by atoms with Crippen LogP contribution >= 0.6 is 0 Å². The molecule has 1 unspecified atom stereocenters. The van der Waals surface area contributed by atoms with Crippen molar-refractivity contribution in [2.75, 3.05) is 38.5 Å². The van der Waals surface area contributed by atoms with Crippen LogP contribution in [0.25, 0.3) is 0 Å². The highest BCUT2D eigenvalue weighted by Crippen LogP contribution is 2.09. The zero-order valence-corrected chi connectivity index (χ0v) is 11.1. The molecule has 1 saturated heterocycles. The maximum atomic E-state index is 12.0. The lowest BCUT2D eigenvalue weighted by atomic mass is 10.2. The zero-order chi connectivity index (χ0) is 13.7. The number of carbonyl (C=O) groups excluding carboxylic acids is 1. The Hall–Kier alpha value is -1.66. The van der Waals surface area contributed by atoms with E-state index in [2.05, 4.69) is 22.1 Å². The Morgan fingerprint density at radius 1 is 1.68 bits per heavy atom. The van der Waals surface area contributed by atoms with Gasteiger partial charge in [0.05, 0.1) is 30.2 Å². The fourth-order valence-electron chi connectivity index (χ4n) is 2.11. The molecule has 1 aliphatic rings. The maximum absolute atomic E-state index is 12.0. The molecule has 1 aromatic heterocycles. The van der Waals surface area contributed by atoms with Crippen LogP contribution in [0.1, 0.15) is 17.3 Å². The molecule has 1 aromatic rings. The minimum Gasteiger partial charge on any atom is -0.397 e. The van der Waals surface area contributed by atoms with Crippen LogP contribution in [0.4, 0.5) is 5.69 Å². The van der Waals surface area contributed by atoms with Gasteiger partial charge in [0.25, 0.3) is 5.91 Å². The van der Waals surface area contributed by atoms with Gasteiger partial charge in [-0.15, -0.1) is 0 Å². The summed E-state index contributed by atoms with van der Waals surface area (Å²) in [6.07, 6.45) is 3.08. The molecule has 0 spiro atoms. The molecule has 0 bridgehead atoms. The molecule has 1 atom stereocenters. The van der Waals surface area contributed by atoms with Crippen molar-refractivity contribution < 1.29 is 9.53 Å². The van der Waals surface area contributed by atoms with Crippen LogP contribution < -0.4 is 11.1 Å². The molecule has 1 amide bonds. The molecular formula is C13H20N4O2. The number of morpholine rings is 1. The van der Waals surface area contributed by atoms with E-state index >= 15 is 0 Å². The van der Waals surface area contributed by atoms with Gasteiger partial charge in [-0.3, -0.25) is 14.7 Å². The lowest BCUT2D eigenvalue weighted by Crippen LogP contribution is -2.47. The summed E-state index contributed by atoms with van der Waals surface area (Å²) in [5, 5.41) is 2.86. The largest absolute Gasteiger partial charge is 0.397 e. The number of rotatable bonds is 4. The molecule has 1 fully saturated rings. The average molecular weight is 264 g/mol. The third kappa shape index (κ3) is 3.65. The Labute approximate surface area is 112 Å². The first kappa shape index (κ1) is 13.8. The van der Waals surface area contributed by atoms with Crippen molar-refractivity contribution in [1.82, 2.24) is 15.2 Å². The van der Waals surface area contributed by atoms with E-state index in [0.29, 0.717) is 24.4 Å². The number of nitrogens with two attached hydrogens (primary N) is 1. The van der Waals surface area contributed by atoms with Crippen molar-refractivity contribution in [3.8, 4) is 0 Å². The molecule has 1 aliphatic heterocycles. The topological polar surface area (TPSA) is 80.5 Å². The number of nitrogen functional groups attached to an aromatic ring is 1. The highest BCUT2D eigenvalue weighted by Gasteiger charge is 2.20. The fourth-order valence-corrected chi connectivity index (χ4v) is 2.11. The summed E-state index contributed by atoms with van der Waals surface area (Å²) in [4.78, 5) is 18.1. The predicted molar refractivity (Wildman–Crippen MR) is 72.8 cm³/mol. The first-order chi connectivity index (χ1) is 9.20. The molecular weight excluding hydrogens is 244 g/mol. The summed E-state index contributed by atoms with van der Waals surface area (Å²) in [5.74, 6) is -0.183. The lowest BCUT2D eigenvalue weighted by molar-refractivity contribution is -0.0246. The van der Waals surface area contributed by atoms with Gasteiger partial charge in [-0.25, -0.2) is 0 Å². The van der Waals surface area contributed by atoms with Crippen LogP contribution in [0.15, 0.2) is 18.5 Å². The van der Waals surface area contributed by atoms with Crippen LogP contribution in [0.3, 0.4) is 0 Å². The monoisotopic (exact) mass is 264 g/mol. The molecule has 19 heavy (non-hydrogen) atoms. The quantitative estimate of drug-likeness (QED) is 0.807. The number of nitrogens with zero attached hydrogens (tertiary/aromatic N) is 2. The van der Waals surface area contributed by atoms with Gasteiger partial charge in [0.1, 0.15) is 0 Å². The number of amides is 1. The van der Waals surface area contributed by atoms with Crippen molar-refractivity contribution in [2.24, 2.45) is 0 Å². The van der Waals surface area contributed by atoms with E-state index in [0.717, 1.165) is 19.6 Å². The highest BCUT2D eigenvalue weighted by atomic mass is 16.5. The van der Waals surface area contributed by atoms with Crippen LogP contribution in [0.2, 0.25) is 0 Å². The van der Waals surface area contributed by atoms with E-state index < -0.39 is 0 Å². The van der Waals surface area contributed by atoms with Crippen LogP contribution in [-0.4, -0.2) is 54.7 Å². The Morgan fingerprint density at radius 2 is 2.53 bits per heavy atom. The predicted octanol–water partition coefficient (Wildman–Crippen LogP) is 0.114. The summed E-state index contributed by atoms with van der Waals surface area (Å²) in [5.41, 5.74) is 6.56. The van der Waals surface area contributed by atoms with Gasteiger partial charge in [0.2, 0.25) is 0 Å². The maximum Gasteiger partial charge on any atom is 0.253 e. The van der Waals surface area contributed by atoms with E-state index in [-0.39, 0.29) is 12.0 Å². The Kier molecular flexibility index (Phi) is 4.70. The number of likely N-dealkylation sites (N-methyl/N-ethyl adjacent to an activating group) is 1. The molecule has 2 rings (SSSR count). The first-order valence-electron chi connectivity index (χ1n) is 6.52. The number of nitrogens with one attached hydrogen (secondary N) is 1.